The molecule has 5 aromatic rings. The first-order valence-electron chi connectivity index (χ1n) is 22.2. The Hall–Kier alpha value is -6.14. The Bertz CT molecular complexity index is 3330. The number of nitrogens with one attached hydrogen (secondary N) is 1. The molecule has 1 amide bonds. The number of unbranched alkanes of at least 4 members (excludes halogenated alkanes) is 1. The van der Waals surface area contributed by atoms with Crippen molar-refractivity contribution < 1.29 is 48.5 Å². The lowest BCUT2D eigenvalue weighted by Crippen LogP contribution is -2.28. The highest BCUT2D eigenvalue weighted by molar-refractivity contribution is 7.91. The molecule has 70 heavy (non-hydrogen) atoms. The van der Waals surface area contributed by atoms with Crippen molar-refractivity contribution in [3.8, 4) is 0 Å². The molecule has 2 aromatic carbocycles. The molecule has 2 aliphatic heterocycles. The van der Waals surface area contributed by atoms with Crippen molar-refractivity contribution in [1.29, 1.82) is 0 Å². The van der Waals surface area contributed by atoms with Gasteiger partial charge >= 0.3 is 0 Å². The standard InChI is InChI=1S/C48H52N8O10S4/c1-6-7-23-55-39-12-9-8-11-36(39)47(2,3)42(55)21-15-31(16-22-43-48(4,5)37-26-35(70(64,65)66)18-20-40(37)56(43)24-10-25-68(59,60)61)38-19-14-33(29-51-38)45(58)52-30-34-17-13-32(28-50-34)41(57)27-44-53-54-46(67-44)69(49,62)63/h8-9,11-22,26,28-29H,6-7,10,23-25,27,30H2,1-5H3,(H4-,49,52,58,59,60,61,62,63,64,65,66)/p+1. The zero-order chi connectivity index (χ0) is 50.8. The van der Waals surface area contributed by atoms with Crippen LogP contribution >= 0.6 is 11.3 Å². The molecular weight excluding hydrogens is 977 g/mol. The number of carbonyl (C=O) groups excluding carboxylic acids is 2. The highest BCUT2D eigenvalue weighted by Crippen LogP contribution is 2.49. The summed E-state index contributed by atoms with van der Waals surface area (Å²) in [5.74, 6) is -1.30. The number of benzene rings is 2. The number of nitrogens with zero attached hydrogens (tertiary/aromatic N) is 6. The molecule has 0 spiro atoms. The number of amides is 1. The van der Waals surface area contributed by atoms with E-state index in [9.17, 15) is 43.9 Å². The molecule has 0 bridgehead atoms. The number of para-hydroxylation sites is 1. The van der Waals surface area contributed by atoms with Gasteiger partial charge < -0.3 is 10.2 Å². The molecule has 0 saturated carbocycles. The van der Waals surface area contributed by atoms with Gasteiger partial charge in [0.05, 0.1) is 46.0 Å². The Morgan fingerprint density at radius 1 is 0.871 bits per heavy atom. The highest BCUT2D eigenvalue weighted by atomic mass is 32.2. The first kappa shape index (κ1) is 51.7. The molecule has 2 aliphatic rings. The number of ketones is 1. The summed E-state index contributed by atoms with van der Waals surface area (Å²) in [6.07, 6.45) is 12.4. The third-order valence-electron chi connectivity index (χ3n) is 12.2. The van der Waals surface area contributed by atoms with Crippen LogP contribution in [0.25, 0.3) is 5.57 Å². The van der Waals surface area contributed by atoms with Crippen molar-refractivity contribution in [3.63, 3.8) is 0 Å². The minimum atomic E-state index is -4.56. The molecule has 22 heteroatoms. The van der Waals surface area contributed by atoms with Crippen molar-refractivity contribution in [3.05, 3.63) is 148 Å². The van der Waals surface area contributed by atoms with Gasteiger partial charge in [0.2, 0.25) is 10.0 Å². The van der Waals surface area contributed by atoms with Gasteiger partial charge in [0.15, 0.2) is 11.5 Å². The quantitative estimate of drug-likeness (QED) is 0.0304. The van der Waals surface area contributed by atoms with E-state index in [2.05, 4.69) is 64.1 Å². The number of pyridine rings is 2. The fraction of sp³-hybridized carbons (Fsp3) is 0.312. The normalized spacial score (nSPS) is 16.3. The summed E-state index contributed by atoms with van der Waals surface area (Å²) in [6, 6.07) is 19.1. The lowest BCUT2D eigenvalue weighted by Gasteiger charge is -2.27. The van der Waals surface area contributed by atoms with Gasteiger partial charge in [-0.2, -0.15) is 21.4 Å². The summed E-state index contributed by atoms with van der Waals surface area (Å²) in [7, 11) is -12.9. The monoisotopic (exact) mass is 1030 g/mol. The van der Waals surface area contributed by atoms with Crippen LogP contribution in [-0.2, 0) is 54.1 Å². The zero-order valence-corrected chi connectivity index (χ0v) is 42.3. The van der Waals surface area contributed by atoms with Gasteiger partial charge in [-0.05, 0) is 80.4 Å². The van der Waals surface area contributed by atoms with Crippen LogP contribution in [0.5, 0.6) is 0 Å². The number of rotatable bonds is 19. The predicted octanol–water partition coefficient (Wildman–Crippen LogP) is 6.35. The number of primary sulfonamides is 1. The summed E-state index contributed by atoms with van der Waals surface area (Å²) in [5, 5.41) is 15.3. The molecular formula is C48H53N8O10S4+. The average molecular weight is 1030 g/mol. The molecule has 368 valence electrons. The second-order valence-electron chi connectivity index (χ2n) is 17.9. The molecule has 5 N–H and O–H groups in total. The van der Waals surface area contributed by atoms with E-state index in [1.54, 1.807) is 30.3 Å². The van der Waals surface area contributed by atoms with Gasteiger partial charge in [0, 0.05) is 71.0 Å². The van der Waals surface area contributed by atoms with E-state index >= 15 is 0 Å². The number of hydrogen-bond donors (Lipinski definition) is 4. The average Bonchev–Trinajstić information content (AvgIpc) is 3.93. The highest BCUT2D eigenvalue weighted by Gasteiger charge is 2.44. The Morgan fingerprint density at radius 3 is 2.24 bits per heavy atom. The minimum Gasteiger partial charge on any atom is -0.346 e. The maximum Gasteiger partial charge on any atom is 0.294 e. The van der Waals surface area contributed by atoms with Crippen molar-refractivity contribution in [1.82, 2.24) is 25.5 Å². The van der Waals surface area contributed by atoms with Gasteiger partial charge in [-0.15, -0.1) is 10.2 Å². The van der Waals surface area contributed by atoms with Crippen molar-refractivity contribution >= 4 is 75.9 Å². The summed E-state index contributed by atoms with van der Waals surface area (Å²) in [6.45, 7) is 11.3. The van der Waals surface area contributed by atoms with Gasteiger partial charge in [-0.1, -0.05) is 62.8 Å². The molecule has 0 aliphatic carbocycles. The largest absolute Gasteiger partial charge is 0.346 e. The van der Waals surface area contributed by atoms with Gasteiger partial charge in [-0.25, -0.2) is 13.6 Å². The van der Waals surface area contributed by atoms with E-state index in [0.717, 1.165) is 30.8 Å². The van der Waals surface area contributed by atoms with Crippen LogP contribution in [-0.4, -0.2) is 95.3 Å². The van der Waals surface area contributed by atoms with Crippen LogP contribution in [0.3, 0.4) is 0 Å². The smallest absolute Gasteiger partial charge is 0.294 e. The van der Waals surface area contributed by atoms with E-state index in [4.69, 9.17) is 10.1 Å². The van der Waals surface area contributed by atoms with Gasteiger partial charge in [0.25, 0.3) is 36.2 Å². The minimum absolute atomic E-state index is 0.0284. The molecule has 7 rings (SSSR count). The van der Waals surface area contributed by atoms with Crippen LogP contribution in [0.2, 0.25) is 0 Å². The Morgan fingerprint density at radius 2 is 1.60 bits per heavy atom. The van der Waals surface area contributed by atoms with Crippen LogP contribution in [0, 0.1) is 0 Å². The topological polar surface area (TPSA) is 273 Å². The van der Waals surface area contributed by atoms with Crippen LogP contribution in [0.1, 0.15) is 102 Å². The number of allylic oxidation sites excluding steroid dienone is 6. The van der Waals surface area contributed by atoms with Crippen molar-refractivity contribution in [2.24, 2.45) is 5.14 Å². The third-order valence-corrected chi connectivity index (χ3v) is 16.1. The van der Waals surface area contributed by atoms with Crippen LogP contribution < -0.4 is 15.4 Å². The van der Waals surface area contributed by atoms with E-state index in [0.29, 0.717) is 45.2 Å². The fourth-order valence-electron chi connectivity index (χ4n) is 8.55. The number of fused-ring (bicyclic) bond motifs is 2. The molecule has 0 fully saturated rings. The molecule has 5 heterocycles. The first-order chi connectivity index (χ1) is 32.9. The van der Waals surface area contributed by atoms with Crippen LogP contribution in [0.4, 0.5) is 11.4 Å². The first-order valence-corrected chi connectivity index (χ1v) is 27.6. The second-order valence-corrected chi connectivity index (χ2v) is 23.7. The molecule has 0 atom stereocenters. The summed E-state index contributed by atoms with van der Waals surface area (Å²) in [5.41, 5.74) is 6.16. The number of Topliss-reactive ketones (excluding diaryl/α,β-unsaturated/α-hetero) is 1. The summed E-state index contributed by atoms with van der Waals surface area (Å²) in [4.78, 5) is 36.9. The number of carbonyl (C=O) groups is 2. The van der Waals surface area contributed by atoms with E-state index in [1.807, 2.05) is 49.1 Å². The van der Waals surface area contributed by atoms with E-state index < -0.39 is 47.3 Å². The van der Waals surface area contributed by atoms with Crippen molar-refractivity contribution in [2.45, 2.75) is 86.9 Å². The Kier molecular flexibility index (Phi) is 15.0. The Balaban J connectivity index is 1.19. The zero-order valence-electron chi connectivity index (χ0n) is 39.0. The lowest BCUT2D eigenvalue weighted by molar-refractivity contribution is -0.438. The number of hydrogen-bond acceptors (Lipinski definition) is 14. The molecule has 0 saturated heterocycles. The summed E-state index contributed by atoms with van der Waals surface area (Å²) >= 11 is 0.708. The van der Waals surface area contributed by atoms with E-state index in [-0.39, 0.29) is 62.5 Å². The third kappa shape index (κ3) is 11.5. The molecule has 0 radical (unpaired) electrons. The number of aromatic nitrogens is 4. The maximum atomic E-state index is 13.4. The molecule has 0 unspecified atom stereocenters. The fourth-order valence-corrected chi connectivity index (χ4v) is 11.0. The predicted molar refractivity (Wildman–Crippen MR) is 266 cm³/mol. The van der Waals surface area contributed by atoms with E-state index in [1.165, 1.54) is 30.1 Å². The summed E-state index contributed by atoms with van der Waals surface area (Å²) < 4.78 is 92.6. The number of nitrogens with two attached hydrogens (primary N) is 1. The lowest BCUT2D eigenvalue weighted by atomic mass is 9.81. The van der Waals surface area contributed by atoms with Gasteiger partial charge in [-0.3, -0.25) is 28.7 Å². The number of anilines is 1. The molecule has 18 nitrogen and oxygen atoms in total. The Labute approximate surface area is 411 Å². The van der Waals surface area contributed by atoms with Crippen LogP contribution in [0.15, 0.2) is 118 Å². The molecule has 3 aromatic heterocycles. The SMILES string of the molecule is CCCC[N+]1=C(/C=C/C(=C/C=C2/N(CCCS(=O)(=O)O)c3ccc(S(=O)(=O)O)cc3C2(C)C)c2ccc(C(=O)NCc3ccc(C(=O)Cc4nnc(S(N)(=O)=O)s4)cn3)cn2)C(C)(C)c2ccccc21. The van der Waals surface area contributed by atoms with Gasteiger partial charge in [0.1, 0.15) is 11.6 Å². The van der Waals surface area contributed by atoms with Crippen molar-refractivity contribution in [2.75, 3.05) is 23.7 Å². The second kappa shape index (κ2) is 20.3. The number of sulfonamides is 1. The maximum absolute atomic E-state index is 13.4.